The van der Waals surface area contributed by atoms with E-state index in [1.807, 2.05) is 78.9 Å². The highest BCUT2D eigenvalue weighted by atomic mass is 32.2. The molecule has 0 unspecified atom stereocenters. The summed E-state index contributed by atoms with van der Waals surface area (Å²) in [6.07, 6.45) is 0.171. The quantitative estimate of drug-likeness (QED) is 0.123. The number of carbonyl (C=O) groups is 1. The van der Waals surface area contributed by atoms with Crippen LogP contribution in [0.4, 0.5) is 4.79 Å². The monoisotopic (exact) mass is 625 g/mol. The molecule has 2 N–H and O–H groups in total. The van der Waals surface area contributed by atoms with Crippen molar-refractivity contribution < 1.29 is 28.8 Å². The van der Waals surface area contributed by atoms with Gasteiger partial charge in [0.1, 0.15) is 12.4 Å². The summed E-state index contributed by atoms with van der Waals surface area (Å²) in [5, 5.41) is 12.4. The van der Waals surface area contributed by atoms with Gasteiger partial charge in [0, 0.05) is 28.7 Å². The van der Waals surface area contributed by atoms with Crippen molar-refractivity contribution in [3.8, 4) is 16.9 Å². The molecule has 5 rings (SSSR count). The minimum Gasteiger partial charge on any atom is -0.496 e. The molecular formula is C37H39NO6S. The van der Waals surface area contributed by atoms with Crippen LogP contribution in [0.3, 0.4) is 0 Å². The first kappa shape index (κ1) is 32.3. The SMILES string of the molecule is C=CCOC(=O)NCc1ccccc1-c1ccc([C@H]2O[C@@H](CSc3ccccc3OC)[C@@H](C)[C@@H](c3ccc(CO)cc3)O2)cc1. The molecule has 1 saturated heterocycles. The molecule has 0 aromatic heterocycles. The summed E-state index contributed by atoms with van der Waals surface area (Å²) < 4.78 is 23.9. The number of amides is 1. The molecule has 4 aromatic carbocycles. The van der Waals surface area contributed by atoms with Crippen LogP contribution in [-0.2, 0) is 27.4 Å². The first-order chi connectivity index (χ1) is 22.0. The standard InChI is InChI=1S/C37H39NO6S/c1-4-21-42-37(40)38-22-30-9-5-6-10-31(30)27-17-19-29(20-18-27)36-43-33(24-45-34-12-8-7-11-32(34)41-3)25(2)35(44-36)28-15-13-26(23-39)14-16-28/h4-20,25,33,35-36,39H,1,21-24H2,2-3H3,(H,38,40)/t25-,33+,35+,36+/m1/s1. The summed E-state index contributed by atoms with van der Waals surface area (Å²) in [6.45, 7) is 6.23. The Morgan fingerprint density at radius 2 is 1.67 bits per heavy atom. The lowest BCUT2D eigenvalue weighted by Crippen LogP contribution is -2.38. The van der Waals surface area contributed by atoms with Crippen LogP contribution in [0.25, 0.3) is 11.1 Å². The predicted octanol–water partition coefficient (Wildman–Crippen LogP) is 7.85. The number of ether oxygens (including phenoxy) is 4. The highest BCUT2D eigenvalue weighted by Gasteiger charge is 2.38. The van der Waals surface area contributed by atoms with Crippen LogP contribution in [0.2, 0.25) is 0 Å². The number of benzene rings is 4. The lowest BCUT2D eigenvalue weighted by Gasteiger charge is -2.41. The molecule has 0 radical (unpaired) electrons. The summed E-state index contributed by atoms with van der Waals surface area (Å²) >= 11 is 1.71. The molecule has 0 aliphatic carbocycles. The molecule has 234 valence electrons. The zero-order valence-corrected chi connectivity index (χ0v) is 26.4. The fourth-order valence-corrected chi connectivity index (χ4v) is 6.54. The van der Waals surface area contributed by atoms with Crippen molar-refractivity contribution in [2.45, 2.75) is 43.5 Å². The summed E-state index contributed by atoms with van der Waals surface area (Å²) in [5.74, 6) is 1.63. The maximum absolute atomic E-state index is 12.0. The Hall–Kier alpha value is -4.08. The number of carbonyl (C=O) groups excluding carboxylic acids is 1. The Morgan fingerprint density at radius 3 is 2.40 bits per heavy atom. The molecule has 1 aliphatic rings. The van der Waals surface area contributed by atoms with Gasteiger partial charge in [-0.2, -0.15) is 0 Å². The third kappa shape index (κ3) is 8.15. The van der Waals surface area contributed by atoms with Crippen LogP contribution in [0.15, 0.2) is 115 Å². The maximum atomic E-state index is 12.0. The van der Waals surface area contributed by atoms with E-state index in [4.69, 9.17) is 18.9 Å². The zero-order valence-electron chi connectivity index (χ0n) is 25.6. The molecule has 4 aromatic rings. The summed E-state index contributed by atoms with van der Waals surface area (Å²) in [6, 6.07) is 32.1. The zero-order chi connectivity index (χ0) is 31.6. The van der Waals surface area contributed by atoms with Gasteiger partial charge in [0.2, 0.25) is 0 Å². The number of aliphatic hydroxyl groups is 1. The number of nitrogens with one attached hydrogen (secondary N) is 1. The molecule has 1 fully saturated rings. The van der Waals surface area contributed by atoms with Gasteiger partial charge in [-0.3, -0.25) is 0 Å². The maximum Gasteiger partial charge on any atom is 0.407 e. The topological polar surface area (TPSA) is 86.3 Å². The Labute approximate surface area is 269 Å². The van der Waals surface area contributed by atoms with Gasteiger partial charge in [-0.05, 0) is 39.9 Å². The molecule has 45 heavy (non-hydrogen) atoms. The number of para-hydroxylation sites is 1. The van der Waals surface area contributed by atoms with E-state index in [0.717, 1.165) is 49.8 Å². The number of hydrogen-bond donors (Lipinski definition) is 2. The molecule has 7 nitrogen and oxygen atoms in total. The molecule has 4 atom stereocenters. The van der Waals surface area contributed by atoms with Crippen LogP contribution in [-0.4, -0.2) is 36.8 Å². The summed E-state index contributed by atoms with van der Waals surface area (Å²) in [7, 11) is 1.69. The molecule has 0 bridgehead atoms. The molecule has 1 aliphatic heterocycles. The molecular weight excluding hydrogens is 586 g/mol. The smallest absolute Gasteiger partial charge is 0.407 e. The van der Waals surface area contributed by atoms with Gasteiger partial charge in [-0.25, -0.2) is 4.79 Å². The van der Waals surface area contributed by atoms with Crippen molar-refractivity contribution in [2.75, 3.05) is 19.5 Å². The van der Waals surface area contributed by atoms with Gasteiger partial charge in [0.05, 0.1) is 25.9 Å². The van der Waals surface area contributed by atoms with Crippen molar-refractivity contribution in [3.63, 3.8) is 0 Å². The van der Waals surface area contributed by atoms with Crippen LogP contribution < -0.4 is 10.1 Å². The van der Waals surface area contributed by atoms with Gasteiger partial charge in [0.25, 0.3) is 0 Å². The molecule has 0 spiro atoms. The second kappa shape index (κ2) is 15.8. The van der Waals surface area contributed by atoms with Crippen molar-refractivity contribution in [2.24, 2.45) is 5.92 Å². The Balaban J connectivity index is 1.36. The normalized spacial score (nSPS) is 19.4. The number of hydrogen-bond acceptors (Lipinski definition) is 7. The van der Waals surface area contributed by atoms with E-state index in [0.29, 0.717) is 6.54 Å². The Morgan fingerprint density at radius 1 is 0.956 bits per heavy atom. The second-order valence-electron chi connectivity index (χ2n) is 10.8. The van der Waals surface area contributed by atoms with Crippen molar-refractivity contribution in [1.29, 1.82) is 0 Å². The largest absolute Gasteiger partial charge is 0.496 e. The molecule has 1 amide bonds. The number of methoxy groups -OCH3 is 1. The van der Waals surface area contributed by atoms with Crippen LogP contribution in [0, 0.1) is 5.92 Å². The van der Waals surface area contributed by atoms with Gasteiger partial charge < -0.3 is 29.4 Å². The highest BCUT2D eigenvalue weighted by molar-refractivity contribution is 7.99. The van der Waals surface area contributed by atoms with Crippen molar-refractivity contribution in [1.82, 2.24) is 5.32 Å². The summed E-state index contributed by atoms with van der Waals surface area (Å²) in [4.78, 5) is 13.0. The van der Waals surface area contributed by atoms with Gasteiger partial charge in [0.15, 0.2) is 6.29 Å². The van der Waals surface area contributed by atoms with E-state index in [-0.39, 0.29) is 31.3 Å². The predicted molar refractivity (Wildman–Crippen MR) is 177 cm³/mol. The fourth-order valence-electron chi connectivity index (χ4n) is 5.35. The lowest BCUT2D eigenvalue weighted by molar-refractivity contribution is -0.268. The average molecular weight is 626 g/mol. The minimum atomic E-state index is -0.572. The Bertz CT molecular complexity index is 1560. The van der Waals surface area contributed by atoms with E-state index in [2.05, 4.69) is 37.0 Å². The lowest BCUT2D eigenvalue weighted by atomic mass is 9.91. The Kier molecular flexibility index (Phi) is 11.3. The molecule has 1 heterocycles. The van der Waals surface area contributed by atoms with Crippen LogP contribution in [0.1, 0.15) is 41.6 Å². The minimum absolute atomic E-state index is 0.00377. The number of alkyl carbamates (subject to hydrolysis) is 1. The average Bonchev–Trinajstić information content (AvgIpc) is 3.09. The van der Waals surface area contributed by atoms with Crippen molar-refractivity contribution in [3.05, 3.63) is 132 Å². The van der Waals surface area contributed by atoms with Gasteiger partial charge in [-0.1, -0.05) is 105 Å². The van der Waals surface area contributed by atoms with E-state index < -0.39 is 12.4 Å². The van der Waals surface area contributed by atoms with E-state index in [1.165, 1.54) is 6.08 Å². The van der Waals surface area contributed by atoms with E-state index in [9.17, 15) is 9.90 Å². The molecule has 0 saturated carbocycles. The van der Waals surface area contributed by atoms with Gasteiger partial charge in [-0.15, -0.1) is 11.8 Å². The first-order valence-corrected chi connectivity index (χ1v) is 16.0. The van der Waals surface area contributed by atoms with Crippen LogP contribution in [0.5, 0.6) is 5.75 Å². The van der Waals surface area contributed by atoms with Crippen molar-refractivity contribution >= 4 is 17.9 Å². The third-order valence-electron chi connectivity index (χ3n) is 7.86. The summed E-state index contributed by atoms with van der Waals surface area (Å²) in [5.41, 5.74) is 5.82. The third-order valence-corrected chi connectivity index (χ3v) is 9.01. The fraction of sp³-hybridized carbons (Fsp3) is 0.270. The van der Waals surface area contributed by atoms with Gasteiger partial charge >= 0.3 is 6.09 Å². The number of thioether (sulfide) groups is 1. The highest BCUT2D eigenvalue weighted by Crippen LogP contribution is 2.44. The molecule has 8 heteroatoms. The van der Waals surface area contributed by atoms with Crippen LogP contribution >= 0.6 is 11.8 Å². The van der Waals surface area contributed by atoms with E-state index in [1.54, 1.807) is 18.9 Å². The number of aliphatic hydroxyl groups excluding tert-OH is 1. The number of rotatable bonds is 12. The second-order valence-corrected chi connectivity index (χ2v) is 11.9. The first-order valence-electron chi connectivity index (χ1n) is 15.0. The van der Waals surface area contributed by atoms with E-state index >= 15 is 0 Å².